The van der Waals surface area contributed by atoms with E-state index in [1.165, 1.54) is 36.8 Å². The molecule has 0 radical (unpaired) electrons. The lowest BCUT2D eigenvalue weighted by atomic mass is 10.3. The second-order valence-corrected chi connectivity index (χ2v) is 4.93. The lowest BCUT2D eigenvalue weighted by Gasteiger charge is -2.23. The number of hydrogen-bond donors (Lipinski definition) is 1. The fourth-order valence-corrected chi connectivity index (χ4v) is 1.98. The summed E-state index contributed by atoms with van der Waals surface area (Å²) in [6.45, 7) is -1.79. The van der Waals surface area contributed by atoms with E-state index in [1.54, 1.807) is 0 Å². The van der Waals surface area contributed by atoms with Gasteiger partial charge in [0.2, 0.25) is 5.91 Å². The van der Waals surface area contributed by atoms with Crippen molar-refractivity contribution in [3.63, 3.8) is 0 Å². The Morgan fingerprint density at radius 1 is 1.12 bits per heavy atom. The van der Waals surface area contributed by atoms with Crippen molar-refractivity contribution in [2.45, 2.75) is 19.1 Å². The van der Waals surface area contributed by atoms with Gasteiger partial charge in [-0.15, -0.1) is 0 Å². The number of hydrogen-bond acceptors (Lipinski definition) is 4. The van der Waals surface area contributed by atoms with Crippen molar-refractivity contribution in [3.05, 3.63) is 48.3 Å². The summed E-state index contributed by atoms with van der Waals surface area (Å²) in [7, 11) is 0. The average molecular weight is 344 g/mol. The van der Waals surface area contributed by atoms with Gasteiger partial charge in [-0.25, -0.2) is 0 Å². The molecule has 6 nitrogen and oxygen atoms in total. The van der Waals surface area contributed by atoms with Crippen LogP contribution in [-0.2, 0) is 11.3 Å². The van der Waals surface area contributed by atoms with Gasteiger partial charge in [-0.1, -0.05) is 0 Å². The number of carbonyl (C=O) groups excluding carboxylic acids is 2. The minimum absolute atomic E-state index is 0.0604. The number of halogens is 3. The third-order valence-corrected chi connectivity index (χ3v) is 3.02. The smallest absolute Gasteiger partial charge is 0.406 e. The summed E-state index contributed by atoms with van der Waals surface area (Å²) < 4.78 is 47.7. The molecule has 2 amide bonds. The SMILES string of the molecule is O=C(NCCC(=O)N(Cc1ccco1)CC(F)(F)F)c1ccco1. The van der Waals surface area contributed by atoms with Crippen LogP contribution in [0.5, 0.6) is 0 Å². The molecular weight excluding hydrogens is 329 g/mol. The van der Waals surface area contributed by atoms with Crippen molar-refractivity contribution >= 4 is 11.8 Å². The van der Waals surface area contributed by atoms with E-state index in [1.807, 2.05) is 0 Å². The molecule has 130 valence electrons. The highest BCUT2D eigenvalue weighted by molar-refractivity contribution is 5.91. The van der Waals surface area contributed by atoms with Gasteiger partial charge in [-0.05, 0) is 24.3 Å². The van der Waals surface area contributed by atoms with Crippen LogP contribution in [0.4, 0.5) is 13.2 Å². The van der Waals surface area contributed by atoms with Crippen molar-refractivity contribution < 1.29 is 31.6 Å². The van der Waals surface area contributed by atoms with Crippen LogP contribution in [0.1, 0.15) is 22.7 Å². The van der Waals surface area contributed by atoms with Crippen molar-refractivity contribution in [1.82, 2.24) is 10.2 Å². The Balaban J connectivity index is 1.88. The Morgan fingerprint density at radius 2 is 1.83 bits per heavy atom. The monoisotopic (exact) mass is 344 g/mol. The molecule has 9 heteroatoms. The van der Waals surface area contributed by atoms with Crippen LogP contribution >= 0.6 is 0 Å². The number of alkyl halides is 3. The van der Waals surface area contributed by atoms with Crippen molar-refractivity contribution in [2.24, 2.45) is 0 Å². The van der Waals surface area contributed by atoms with E-state index in [2.05, 4.69) is 5.32 Å². The zero-order chi connectivity index (χ0) is 17.6. The molecule has 2 aromatic rings. The van der Waals surface area contributed by atoms with Gasteiger partial charge in [0.15, 0.2) is 5.76 Å². The zero-order valence-electron chi connectivity index (χ0n) is 12.5. The molecule has 0 aliphatic carbocycles. The molecular formula is C15H15F3N2O4. The zero-order valence-corrected chi connectivity index (χ0v) is 12.5. The van der Waals surface area contributed by atoms with Gasteiger partial charge in [-0.2, -0.15) is 13.2 Å². The quantitative estimate of drug-likeness (QED) is 0.838. The standard InChI is InChI=1S/C15H15F3N2O4/c16-15(17,18)10-20(9-11-3-1-7-23-11)13(21)5-6-19-14(22)12-4-2-8-24-12/h1-4,7-8H,5-6,9-10H2,(H,19,22). The first kappa shape index (κ1) is 17.6. The second-order valence-electron chi connectivity index (χ2n) is 4.93. The molecule has 0 aliphatic heterocycles. The van der Waals surface area contributed by atoms with E-state index in [4.69, 9.17) is 8.83 Å². The van der Waals surface area contributed by atoms with Gasteiger partial charge in [0.25, 0.3) is 5.91 Å². The van der Waals surface area contributed by atoms with Crippen LogP contribution in [0, 0.1) is 0 Å². The first-order chi connectivity index (χ1) is 11.3. The van der Waals surface area contributed by atoms with E-state index in [-0.39, 0.29) is 31.0 Å². The molecule has 0 unspecified atom stereocenters. The van der Waals surface area contributed by atoms with Crippen LogP contribution in [0.15, 0.2) is 45.6 Å². The molecule has 0 bridgehead atoms. The van der Waals surface area contributed by atoms with E-state index in [0.717, 1.165) is 0 Å². The van der Waals surface area contributed by atoms with Gasteiger partial charge in [0.05, 0.1) is 19.1 Å². The summed E-state index contributed by atoms with van der Waals surface area (Å²) >= 11 is 0. The van der Waals surface area contributed by atoms with E-state index < -0.39 is 24.5 Å². The molecule has 0 saturated carbocycles. The minimum Gasteiger partial charge on any atom is -0.467 e. The average Bonchev–Trinajstić information content (AvgIpc) is 3.18. The predicted molar refractivity (Wildman–Crippen MR) is 75.8 cm³/mol. The summed E-state index contributed by atoms with van der Waals surface area (Å²) in [4.78, 5) is 24.3. The molecule has 24 heavy (non-hydrogen) atoms. The maximum Gasteiger partial charge on any atom is 0.406 e. The van der Waals surface area contributed by atoms with Gasteiger partial charge < -0.3 is 19.1 Å². The lowest BCUT2D eigenvalue weighted by molar-refractivity contribution is -0.162. The molecule has 0 atom stereocenters. The van der Waals surface area contributed by atoms with Gasteiger partial charge in [0, 0.05) is 13.0 Å². The minimum atomic E-state index is -4.53. The Labute approximate surface area is 135 Å². The summed E-state index contributed by atoms with van der Waals surface area (Å²) in [5.74, 6) is -0.984. The largest absolute Gasteiger partial charge is 0.467 e. The van der Waals surface area contributed by atoms with Gasteiger partial charge >= 0.3 is 6.18 Å². The molecule has 1 N–H and O–H groups in total. The molecule has 0 aliphatic rings. The number of carbonyl (C=O) groups is 2. The fraction of sp³-hybridized carbons (Fsp3) is 0.333. The number of nitrogens with zero attached hydrogens (tertiary/aromatic N) is 1. The Kier molecular flexibility index (Phi) is 5.67. The van der Waals surface area contributed by atoms with Crippen LogP contribution in [0.3, 0.4) is 0 Å². The molecule has 2 aromatic heterocycles. The van der Waals surface area contributed by atoms with Crippen LogP contribution in [0.25, 0.3) is 0 Å². The lowest BCUT2D eigenvalue weighted by Crippen LogP contribution is -2.40. The van der Waals surface area contributed by atoms with Crippen LogP contribution < -0.4 is 5.32 Å². The number of furan rings is 2. The molecule has 2 rings (SSSR count). The number of rotatable bonds is 7. The van der Waals surface area contributed by atoms with Gasteiger partial charge in [0.1, 0.15) is 12.3 Å². The van der Waals surface area contributed by atoms with E-state index in [0.29, 0.717) is 4.90 Å². The Bertz CT molecular complexity index is 651. The van der Waals surface area contributed by atoms with E-state index in [9.17, 15) is 22.8 Å². The van der Waals surface area contributed by atoms with Crippen molar-refractivity contribution in [2.75, 3.05) is 13.1 Å². The van der Waals surface area contributed by atoms with Crippen molar-refractivity contribution in [1.29, 1.82) is 0 Å². The normalized spacial score (nSPS) is 11.3. The van der Waals surface area contributed by atoms with Crippen LogP contribution in [0.2, 0.25) is 0 Å². The summed E-state index contributed by atoms with van der Waals surface area (Å²) in [5.41, 5.74) is 0. The van der Waals surface area contributed by atoms with Crippen LogP contribution in [-0.4, -0.2) is 36.0 Å². The predicted octanol–water partition coefficient (Wildman–Crippen LogP) is 2.58. The van der Waals surface area contributed by atoms with Gasteiger partial charge in [-0.3, -0.25) is 9.59 Å². The highest BCUT2D eigenvalue weighted by atomic mass is 19.4. The highest BCUT2D eigenvalue weighted by Gasteiger charge is 2.33. The molecule has 0 fully saturated rings. The maximum absolute atomic E-state index is 12.6. The molecule has 0 saturated heterocycles. The topological polar surface area (TPSA) is 75.7 Å². The third kappa shape index (κ3) is 5.49. The number of amides is 2. The second kappa shape index (κ2) is 7.71. The molecule has 0 spiro atoms. The first-order valence-electron chi connectivity index (χ1n) is 7.04. The maximum atomic E-state index is 12.6. The Hall–Kier alpha value is -2.71. The molecule has 2 heterocycles. The number of nitrogens with one attached hydrogen (secondary N) is 1. The van der Waals surface area contributed by atoms with E-state index >= 15 is 0 Å². The Morgan fingerprint density at radius 3 is 2.42 bits per heavy atom. The third-order valence-electron chi connectivity index (χ3n) is 3.02. The van der Waals surface area contributed by atoms with Crippen molar-refractivity contribution in [3.8, 4) is 0 Å². The summed E-state index contributed by atoms with van der Waals surface area (Å²) in [6, 6.07) is 5.96. The fourth-order valence-electron chi connectivity index (χ4n) is 1.98. The molecule has 0 aromatic carbocycles. The summed E-state index contributed by atoms with van der Waals surface area (Å²) in [5, 5.41) is 2.41. The highest BCUT2D eigenvalue weighted by Crippen LogP contribution is 2.19. The summed E-state index contributed by atoms with van der Waals surface area (Å²) in [6.07, 6.45) is -2.17. The first-order valence-corrected chi connectivity index (χ1v) is 7.04.